The minimum absolute atomic E-state index is 0.550. The number of carbonyl (C=O) groups is 1. The summed E-state index contributed by atoms with van der Waals surface area (Å²) in [5, 5.41) is 13.8. The topological polar surface area (TPSA) is 53.0 Å². The van der Waals surface area contributed by atoms with Crippen LogP contribution in [0.5, 0.6) is 0 Å². The summed E-state index contributed by atoms with van der Waals surface area (Å²) in [6.07, 6.45) is 0. The second kappa shape index (κ2) is 4.45. The van der Waals surface area contributed by atoms with Crippen molar-refractivity contribution in [3.05, 3.63) is 52.0 Å². The fourth-order valence-corrected chi connectivity index (χ4v) is 2.22. The largest absolute Gasteiger partial charge is 0.549 e. The SMILES string of the molecule is Cc1nc([C@H](C(=O)[O-])c2ccccc2)cs1. The summed E-state index contributed by atoms with van der Waals surface area (Å²) >= 11 is 1.44. The lowest BCUT2D eigenvalue weighted by atomic mass is 9.97. The highest BCUT2D eigenvalue weighted by Gasteiger charge is 2.17. The van der Waals surface area contributed by atoms with E-state index in [1.54, 1.807) is 17.5 Å². The van der Waals surface area contributed by atoms with E-state index >= 15 is 0 Å². The molecule has 0 aliphatic rings. The molecule has 0 bridgehead atoms. The van der Waals surface area contributed by atoms with Gasteiger partial charge >= 0.3 is 0 Å². The van der Waals surface area contributed by atoms with Gasteiger partial charge in [0, 0.05) is 5.38 Å². The van der Waals surface area contributed by atoms with Gasteiger partial charge in [-0.05, 0) is 12.5 Å². The van der Waals surface area contributed by atoms with Crippen molar-refractivity contribution in [2.45, 2.75) is 12.8 Å². The van der Waals surface area contributed by atoms with Crippen molar-refractivity contribution in [1.82, 2.24) is 4.98 Å². The number of rotatable bonds is 3. The number of hydrogen-bond acceptors (Lipinski definition) is 4. The zero-order valence-electron chi connectivity index (χ0n) is 8.71. The number of carbonyl (C=O) groups excluding carboxylic acids is 1. The van der Waals surface area contributed by atoms with Gasteiger partial charge in [0.2, 0.25) is 0 Å². The molecule has 2 aromatic rings. The number of aromatic nitrogens is 1. The van der Waals surface area contributed by atoms with Gasteiger partial charge in [0.15, 0.2) is 0 Å². The van der Waals surface area contributed by atoms with Crippen LogP contribution in [0.25, 0.3) is 0 Å². The Hall–Kier alpha value is -1.68. The van der Waals surface area contributed by atoms with Crippen molar-refractivity contribution in [1.29, 1.82) is 0 Å². The van der Waals surface area contributed by atoms with Crippen molar-refractivity contribution in [2.24, 2.45) is 0 Å². The molecule has 1 aromatic heterocycles. The van der Waals surface area contributed by atoms with Crippen molar-refractivity contribution in [3.8, 4) is 0 Å². The third-order valence-corrected chi connectivity index (χ3v) is 3.09. The summed E-state index contributed by atoms with van der Waals surface area (Å²) in [7, 11) is 0. The maximum atomic E-state index is 11.2. The highest BCUT2D eigenvalue weighted by molar-refractivity contribution is 7.09. The molecule has 0 fully saturated rings. The second-order valence-corrected chi connectivity index (χ2v) is 4.52. The molecule has 0 unspecified atom stereocenters. The van der Waals surface area contributed by atoms with E-state index in [1.807, 2.05) is 25.1 Å². The first kappa shape index (κ1) is 10.8. The molecule has 3 nitrogen and oxygen atoms in total. The zero-order valence-corrected chi connectivity index (χ0v) is 9.53. The van der Waals surface area contributed by atoms with Crippen LogP contribution in [0.2, 0.25) is 0 Å². The summed E-state index contributed by atoms with van der Waals surface area (Å²) in [6.45, 7) is 1.85. The van der Waals surface area contributed by atoms with Crippen LogP contribution in [-0.2, 0) is 4.79 Å². The van der Waals surface area contributed by atoms with Gasteiger partial charge in [0.1, 0.15) is 0 Å². The molecule has 0 amide bonds. The number of carboxylic acids is 1. The van der Waals surface area contributed by atoms with Gasteiger partial charge in [-0.1, -0.05) is 30.3 Å². The Bertz CT molecular complexity index is 493. The first-order valence-corrected chi connectivity index (χ1v) is 5.74. The molecule has 16 heavy (non-hydrogen) atoms. The molecule has 0 saturated heterocycles. The van der Waals surface area contributed by atoms with Gasteiger partial charge in [-0.3, -0.25) is 0 Å². The van der Waals surface area contributed by atoms with Crippen LogP contribution >= 0.6 is 11.3 Å². The fourth-order valence-electron chi connectivity index (χ4n) is 1.59. The Morgan fingerprint density at radius 2 is 2.06 bits per heavy atom. The van der Waals surface area contributed by atoms with Crippen LogP contribution in [0, 0.1) is 6.92 Å². The standard InChI is InChI=1S/C12H11NO2S/c1-8-13-10(7-16-8)11(12(14)15)9-5-3-2-4-6-9/h2-7,11H,1H3,(H,14,15)/p-1/t11-/m1/s1. The van der Waals surface area contributed by atoms with Crippen LogP contribution < -0.4 is 5.11 Å². The van der Waals surface area contributed by atoms with Crippen LogP contribution in [0.4, 0.5) is 0 Å². The molecule has 1 atom stereocenters. The molecular weight excluding hydrogens is 222 g/mol. The zero-order chi connectivity index (χ0) is 11.5. The number of thiazole rings is 1. The van der Waals surface area contributed by atoms with Crippen molar-refractivity contribution >= 4 is 17.3 Å². The van der Waals surface area contributed by atoms with E-state index in [9.17, 15) is 9.90 Å². The maximum Gasteiger partial charge on any atom is 0.0897 e. The van der Waals surface area contributed by atoms with Gasteiger partial charge in [0.25, 0.3) is 0 Å². The highest BCUT2D eigenvalue weighted by atomic mass is 32.1. The number of aryl methyl sites for hydroxylation is 1. The molecule has 0 spiro atoms. The van der Waals surface area contributed by atoms with Crippen LogP contribution in [-0.4, -0.2) is 11.0 Å². The number of benzene rings is 1. The van der Waals surface area contributed by atoms with E-state index in [0.29, 0.717) is 11.3 Å². The van der Waals surface area contributed by atoms with Crippen molar-refractivity contribution < 1.29 is 9.90 Å². The third-order valence-electron chi connectivity index (χ3n) is 2.30. The molecule has 82 valence electrons. The molecular formula is C12H10NO2S-. The maximum absolute atomic E-state index is 11.2. The predicted molar refractivity (Wildman–Crippen MR) is 60.1 cm³/mol. The van der Waals surface area contributed by atoms with Crippen molar-refractivity contribution in [3.63, 3.8) is 0 Å². The van der Waals surface area contributed by atoms with Gasteiger partial charge in [-0.25, -0.2) is 4.98 Å². The van der Waals surface area contributed by atoms with E-state index in [-0.39, 0.29) is 0 Å². The number of hydrogen-bond donors (Lipinski definition) is 0. The molecule has 0 saturated carbocycles. The van der Waals surface area contributed by atoms with E-state index in [0.717, 1.165) is 5.01 Å². The summed E-state index contributed by atoms with van der Waals surface area (Å²) in [5.41, 5.74) is 1.25. The third kappa shape index (κ3) is 2.12. The summed E-state index contributed by atoms with van der Waals surface area (Å²) in [5.74, 6) is -1.89. The summed E-state index contributed by atoms with van der Waals surface area (Å²) < 4.78 is 0. The summed E-state index contributed by atoms with van der Waals surface area (Å²) in [6, 6.07) is 9.02. The van der Waals surface area contributed by atoms with Crippen LogP contribution in [0.15, 0.2) is 35.7 Å². The van der Waals surface area contributed by atoms with E-state index in [2.05, 4.69) is 4.98 Å². The monoisotopic (exact) mass is 232 g/mol. The minimum atomic E-state index is -1.11. The number of aliphatic carboxylic acids is 1. The molecule has 1 heterocycles. The number of carboxylic acid groups (broad SMARTS) is 1. The lowest BCUT2D eigenvalue weighted by Crippen LogP contribution is -2.30. The fraction of sp³-hybridized carbons (Fsp3) is 0.167. The molecule has 2 rings (SSSR count). The molecule has 0 aliphatic heterocycles. The molecule has 0 N–H and O–H groups in total. The minimum Gasteiger partial charge on any atom is -0.549 e. The Balaban J connectivity index is 2.43. The second-order valence-electron chi connectivity index (χ2n) is 3.45. The summed E-state index contributed by atoms with van der Waals surface area (Å²) in [4.78, 5) is 15.4. The average molecular weight is 232 g/mol. The van der Waals surface area contributed by atoms with E-state index in [1.165, 1.54) is 11.3 Å². The lowest BCUT2D eigenvalue weighted by molar-refractivity contribution is -0.306. The van der Waals surface area contributed by atoms with Gasteiger partial charge < -0.3 is 9.90 Å². The molecule has 0 aliphatic carbocycles. The van der Waals surface area contributed by atoms with Gasteiger partial charge in [-0.15, -0.1) is 11.3 Å². The number of nitrogens with zero attached hydrogens (tertiary/aromatic N) is 1. The normalized spacial score (nSPS) is 12.3. The van der Waals surface area contributed by atoms with Crippen LogP contribution in [0.1, 0.15) is 22.2 Å². The smallest absolute Gasteiger partial charge is 0.0897 e. The van der Waals surface area contributed by atoms with Gasteiger partial charge in [-0.2, -0.15) is 0 Å². The van der Waals surface area contributed by atoms with E-state index < -0.39 is 11.9 Å². The quantitative estimate of drug-likeness (QED) is 0.802. The molecule has 0 radical (unpaired) electrons. The van der Waals surface area contributed by atoms with Crippen LogP contribution in [0.3, 0.4) is 0 Å². The Labute approximate surface area is 97.4 Å². The molecule has 1 aromatic carbocycles. The van der Waals surface area contributed by atoms with E-state index in [4.69, 9.17) is 0 Å². The highest BCUT2D eigenvalue weighted by Crippen LogP contribution is 2.25. The molecule has 4 heteroatoms. The predicted octanol–water partition coefficient (Wildman–Crippen LogP) is 1.33. The first-order valence-electron chi connectivity index (χ1n) is 4.86. The average Bonchev–Trinajstić information content (AvgIpc) is 2.66. The lowest BCUT2D eigenvalue weighted by Gasteiger charge is -2.16. The Kier molecular flexibility index (Phi) is 3.01. The van der Waals surface area contributed by atoms with Crippen molar-refractivity contribution in [2.75, 3.05) is 0 Å². The van der Waals surface area contributed by atoms with Gasteiger partial charge in [0.05, 0.1) is 22.6 Å². The Morgan fingerprint density at radius 1 is 1.38 bits per heavy atom. The first-order chi connectivity index (χ1) is 7.68. The Morgan fingerprint density at radius 3 is 2.56 bits per heavy atom.